The maximum absolute atomic E-state index is 12.5. The number of benzene rings is 2. The fraction of sp³-hybridized carbons (Fsp3) is 0.150. The molecule has 0 atom stereocenters. The Morgan fingerprint density at radius 1 is 1.21 bits per heavy atom. The lowest BCUT2D eigenvalue weighted by Crippen LogP contribution is -2.25. The van der Waals surface area contributed by atoms with Crippen LogP contribution < -0.4 is 10.1 Å². The van der Waals surface area contributed by atoms with Crippen LogP contribution in [0.15, 0.2) is 54.9 Å². The largest absolute Gasteiger partial charge is 0.504 e. The van der Waals surface area contributed by atoms with E-state index in [0.717, 1.165) is 0 Å². The Labute approximate surface area is 160 Å². The summed E-state index contributed by atoms with van der Waals surface area (Å²) in [5.74, 6) is 0.166. The molecule has 2 aromatic carbocycles. The molecule has 1 heterocycles. The number of non-ortho nitro benzene ring substituents is 1. The summed E-state index contributed by atoms with van der Waals surface area (Å²) < 4.78 is 5.08. The van der Waals surface area contributed by atoms with Crippen LogP contribution in [0.2, 0.25) is 0 Å². The summed E-state index contributed by atoms with van der Waals surface area (Å²) in [6.45, 7) is 0.324. The van der Waals surface area contributed by atoms with Crippen molar-refractivity contribution in [1.82, 2.24) is 10.3 Å². The van der Waals surface area contributed by atoms with Gasteiger partial charge in [0.1, 0.15) is 0 Å². The molecular weight excluding hydrogens is 362 g/mol. The number of H-pyrrole nitrogens is 1. The Hall–Kier alpha value is -3.81. The van der Waals surface area contributed by atoms with E-state index in [1.54, 1.807) is 42.7 Å². The molecule has 0 saturated carbocycles. The second-order valence-corrected chi connectivity index (χ2v) is 6.06. The van der Waals surface area contributed by atoms with E-state index in [2.05, 4.69) is 10.3 Å². The van der Waals surface area contributed by atoms with Crippen molar-refractivity contribution in [3.63, 3.8) is 0 Å². The van der Waals surface area contributed by atoms with Crippen molar-refractivity contribution in [3.8, 4) is 22.6 Å². The van der Waals surface area contributed by atoms with E-state index in [4.69, 9.17) is 4.74 Å². The molecule has 0 unspecified atom stereocenters. The van der Waals surface area contributed by atoms with E-state index in [-0.39, 0.29) is 17.3 Å². The van der Waals surface area contributed by atoms with Gasteiger partial charge < -0.3 is 20.1 Å². The molecule has 0 aliphatic carbocycles. The van der Waals surface area contributed by atoms with Crippen LogP contribution in [-0.2, 0) is 6.42 Å². The number of nitrogens with zero attached hydrogens (tertiary/aromatic N) is 1. The highest BCUT2D eigenvalue weighted by atomic mass is 16.6. The zero-order valence-electron chi connectivity index (χ0n) is 15.1. The third-order valence-electron chi connectivity index (χ3n) is 4.36. The number of aromatic hydroxyl groups is 1. The van der Waals surface area contributed by atoms with Gasteiger partial charge in [-0.3, -0.25) is 14.9 Å². The highest BCUT2D eigenvalue weighted by Crippen LogP contribution is 2.29. The molecule has 0 radical (unpaired) electrons. The number of methoxy groups -OCH3 is 1. The smallest absolute Gasteiger partial charge is 0.269 e. The van der Waals surface area contributed by atoms with Crippen LogP contribution in [0.3, 0.4) is 0 Å². The summed E-state index contributed by atoms with van der Waals surface area (Å²) in [6, 6.07) is 11.2. The molecule has 144 valence electrons. The highest BCUT2D eigenvalue weighted by molar-refractivity contribution is 6.00. The number of aromatic nitrogens is 1. The summed E-state index contributed by atoms with van der Waals surface area (Å²) in [7, 11) is 1.48. The Balaban J connectivity index is 1.68. The molecule has 3 aromatic rings. The lowest BCUT2D eigenvalue weighted by Gasteiger charge is -2.10. The van der Waals surface area contributed by atoms with Crippen LogP contribution in [0.4, 0.5) is 5.69 Å². The van der Waals surface area contributed by atoms with Gasteiger partial charge in [0.2, 0.25) is 0 Å². The van der Waals surface area contributed by atoms with Gasteiger partial charge in [0.15, 0.2) is 11.5 Å². The molecular formula is C20H19N3O5. The Morgan fingerprint density at radius 2 is 1.96 bits per heavy atom. The van der Waals surface area contributed by atoms with Gasteiger partial charge >= 0.3 is 0 Å². The lowest BCUT2D eigenvalue weighted by atomic mass is 10.0. The van der Waals surface area contributed by atoms with E-state index >= 15 is 0 Å². The SMILES string of the molecule is COc1cccc(CCNC(=O)c2c[nH]cc2-c2ccc([N+](=O)[O-])cc2)c1O. The molecule has 0 aliphatic heterocycles. The van der Waals surface area contributed by atoms with Gasteiger partial charge in [0.05, 0.1) is 17.6 Å². The average Bonchev–Trinajstić information content (AvgIpc) is 3.19. The number of nitro benzene ring substituents is 1. The van der Waals surface area contributed by atoms with Gasteiger partial charge in [0.25, 0.3) is 11.6 Å². The van der Waals surface area contributed by atoms with Gasteiger partial charge in [-0.2, -0.15) is 0 Å². The van der Waals surface area contributed by atoms with Crippen molar-refractivity contribution in [3.05, 3.63) is 76.1 Å². The van der Waals surface area contributed by atoms with E-state index in [1.165, 1.54) is 19.2 Å². The number of hydrogen-bond acceptors (Lipinski definition) is 5. The first kappa shape index (κ1) is 19.0. The molecule has 0 spiro atoms. The van der Waals surface area contributed by atoms with Crippen LogP contribution in [0.5, 0.6) is 11.5 Å². The minimum Gasteiger partial charge on any atom is -0.504 e. The van der Waals surface area contributed by atoms with E-state index in [1.807, 2.05) is 0 Å². The quantitative estimate of drug-likeness (QED) is 0.429. The van der Waals surface area contributed by atoms with Crippen molar-refractivity contribution >= 4 is 11.6 Å². The summed E-state index contributed by atoms with van der Waals surface area (Å²) in [5.41, 5.74) is 2.44. The summed E-state index contributed by atoms with van der Waals surface area (Å²) in [6.07, 6.45) is 3.69. The second kappa shape index (κ2) is 8.26. The molecule has 0 saturated heterocycles. The average molecular weight is 381 g/mol. The minimum absolute atomic E-state index is 0.0108. The number of phenolic OH excluding ortho intramolecular Hbond substituents is 1. The monoisotopic (exact) mass is 381 g/mol. The number of phenols is 1. The lowest BCUT2D eigenvalue weighted by molar-refractivity contribution is -0.384. The Bertz CT molecular complexity index is 995. The number of amides is 1. The first-order valence-corrected chi connectivity index (χ1v) is 8.56. The summed E-state index contributed by atoms with van der Waals surface area (Å²) >= 11 is 0. The normalized spacial score (nSPS) is 10.5. The van der Waals surface area contributed by atoms with Crippen LogP contribution in [0.1, 0.15) is 15.9 Å². The number of hydrogen-bond donors (Lipinski definition) is 3. The molecule has 28 heavy (non-hydrogen) atoms. The first-order chi connectivity index (χ1) is 13.5. The predicted molar refractivity (Wildman–Crippen MR) is 104 cm³/mol. The van der Waals surface area contributed by atoms with Crippen LogP contribution in [-0.4, -0.2) is 34.6 Å². The number of nitro groups is 1. The number of ether oxygens (including phenoxy) is 1. The molecule has 8 nitrogen and oxygen atoms in total. The van der Waals surface area contributed by atoms with E-state index in [0.29, 0.717) is 41.0 Å². The van der Waals surface area contributed by atoms with E-state index in [9.17, 15) is 20.0 Å². The number of rotatable bonds is 7. The minimum atomic E-state index is -0.470. The molecule has 3 rings (SSSR count). The molecule has 8 heteroatoms. The van der Waals surface area contributed by atoms with Crippen LogP contribution in [0.25, 0.3) is 11.1 Å². The van der Waals surface area contributed by atoms with Crippen molar-refractivity contribution in [2.75, 3.05) is 13.7 Å². The van der Waals surface area contributed by atoms with Crippen molar-refractivity contribution in [2.45, 2.75) is 6.42 Å². The number of para-hydroxylation sites is 1. The van der Waals surface area contributed by atoms with Gasteiger partial charge in [0, 0.05) is 36.6 Å². The van der Waals surface area contributed by atoms with E-state index < -0.39 is 4.92 Å². The second-order valence-electron chi connectivity index (χ2n) is 6.06. The van der Waals surface area contributed by atoms with Crippen molar-refractivity contribution in [1.29, 1.82) is 0 Å². The Kier molecular flexibility index (Phi) is 5.59. The summed E-state index contributed by atoms with van der Waals surface area (Å²) in [5, 5.41) is 23.7. The predicted octanol–water partition coefficient (Wildman–Crippen LogP) is 3.28. The summed E-state index contributed by atoms with van der Waals surface area (Å²) in [4.78, 5) is 25.8. The fourth-order valence-electron chi connectivity index (χ4n) is 2.89. The maximum Gasteiger partial charge on any atom is 0.269 e. The molecule has 1 aromatic heterocycles. The zero-order chi connectivity index (χ0) is 20.1. The Morgan fingerprint density at radius 3 is 2.64 bits per heavy atom. The number of aromatic amines is 1. The molecule has 0 bridgehead atoms. The van der Waals surface area contributed by atoms with Gasteiger partial charge in [-0.25, -0.2) is 0 Å². The number of carbonyl (C=O) groups excluding carboxylic acids is 1. The van der Waals surface area contributed by atoms with Crippen LogP contribution >= 0.6 is 0 Å². The fourth-order valence-corrected chi connectivity index (χ4v) is 2.89. The first-order valence-electron chi connectivity index (χ1n) is 8.56. The zero-order valence-corrected chi connectivity index (χ0v) is 15.1. The van der Waals surface area contributed by atoms with Gasteiger partial charge in [-0.05, 0) is 35.7 Å². The highest BCUT2D eigenvalue weighted by Gasteiger charge is 2.15. The van der Waals surface area contributed by atoms with Crippen molar-refractivity contribution < 1.29 is 19.6 Å². The topological polar surface area (TPSA) is 117 Å². The van der Waals surface area contributed by atoms with Crippen LogP contribution in [0, 0.1) is 10.1 Å². The maximum atomic E-state index is 12.5. The molecule has 0 aliphatic rings. The third kappa shape index (κ3) is 3.96. The molecule has 0 fully saturated rings. The number of nitrogens with one attached hydrogen (secondary N) is 2. The van der Waals surface area contributed by atoms with Gasteiger partial charge in [-0.15, -0.1) is 0 Å². The number of carbonyl (C=O) groups is 1. The molecule has 1 amide bonds. The van der Waals surface area contributed by atoms with Gasteiger partial charge in [-0.1, -0.05) is 12.1 Å². The van der Waals surface area contributed by atoms with Crippen molar-refractivity contribution in [2.24, 2.45) is 0 Å². The standard InChI is InChI=1S/C20H19N3O5/c1-28-18-4-2-3-14(19(18)24)9-10-22-20(25)17-12-21-11-16(17)13-5-7-15(8-6-13)23(26)27/h2-8,11-12,21,24H,9-10H2,1H3,(H,22,25). The molecule has 3 N–H and O–H groups in total. The third-order valence-corrected chi connectivity index (χ3v) is 4.36.